The molecule has 0 spiro atoms. The molecule has 3 aromatic rings. The Morgan fingerprint density at radius 1 is 1.04 bits per heavy atom. The average Bonchev–Trinajstić information content (AvgIpc) is 2.47. The van der Waals surface area contributed by atoms with Gasteiger partial charge in [0, 0.05) is 18.6 Å². The molecule has 0 aliphatic carbocycles. The van der Waals surface area contributed by atoms with Crippen LogP contribution in [-0.4, -0.2) is 22.9 Å². The molecule has 23 heavy (non-hydrogen) atoms. The first-order chi connectivity index (χ1) is 10.5. The Morgan fingerprint density at radius 3 is 2.48 bits per heavy atom. The van der Waals surface area contributed by atoms with E-state index in [1.54, 1.807) is 0 Å². The molecule has 1 aromatic heterocycles. The summed E-state index contributed by atoms with van der Waals surface area (Å²) in [7, 11) is 0. The number of benzene rings is 2. The highest BCUT2D eigenvalue weighted by Gasteiger charge is 2.19. The van der Waals surface area contributed by atoms with Gasteiger partial charge in [0.25, 0.3) is 0 Å². The van der Waals surface area contributed by atoms with Crippen LogP contribution >= 0.6 is 0 Å². The highest BCUT2D eigenvalue weighted by atomic mass is 127. The monoisotopic (exact) mass is 424 g/mol. The van der Waals surface area contributed by atoms with Crippen molar-refractivity contribution in [3.63, 3.8) is 0 Å². The zero-order chi connectivity index (χ0) is 15.9. The van der Waals surface area contributed by atoms with Gasteiger partial charge in [-0.05, 0) is 55.2 Å². The van der Waals surface area contributed by atoms with Crippen LogP contribution in [0, 0.1) is 20.8 Å². The fourth-order valence-electron chi connectivity index (χ4n) is 3.17. The first-order valence-corrected chi connectivity index (χ1v) is 7.55. The summed E-state index contributed by atoms with van der Waals surface area (Å²) in [5.74, 6) is 0. The molecular weight excluding hydrogens is 403 g/mol. The Hall–Kier alpha value is -1.24. The maximum absolute atomic E-state index is 9.63. The molecule has 4 heteroatoms. The normalized spacial score (nSPS) is 12.4. The van der Waals surface area contributed by atoms with E-state index in [4.69, 9.17) is 9.52 Å². The minimum absolute atomic E-state index is 0. The van der Waals surface area contributed by atoms with Crippen LogP contribution in [0.5, 0.6) is 0 Å². The van der Waals surface area contributed by atoms with Gasteiger partial charge in [-0.2, -0.15) is 0 Å². The highest BCUT2D eigenvalue weighted by Crippen LogP contribution is 2.31. The van der Waals surface area contributed by atoms with Crippen LogP contribution in [0.15, 0.2) is 34.7 Å². The quantitative estimate of drug-likeness (QED) is 0.370. The van der Waals surface area contributed by atoms with Gasteiger partial charge in [-0.25, -0.2) is 4.42 Å². The van der Waals surface area contributed by atoms with Gasteiger partial charge in [-0.1, -0.05) is 6.07 Å². The molecule has 0 bridgehead atoms. The lowest BCUT2D eigenvalue weighted by atomic mass is 9.98. The van der Waals surface area contributed by atoms with E-state index in [9.17, 15) is 5.11 Å². The smallest absolute Gasteiger partial charge is 0.361 e. The zero-order valence-electron chi connectivity index (χ0n) is 13.6. The van der Waals surface area contributed by atoms with Crippen LogP contribution < -0.4 is 24.0 Å². The Balaban J connectivity index is 0.00000192. The number of aryl methyl sites for hydroxylation is 3. The fraction of sp³-hybridized carbons (Fsp3) is 0.316. The molecule has 0 saturated heterocycles. The lowest BCUT2D eigenvalue weighted by Gasteiger charge is -2.08. The van der Waals surface area contributed by atoms with Crippen LogP contribution in [-0.2, 0) is 6.42 Å². The summed E-state index contributed by atoms with van der Waals surface area (Å²) in [6, 6.07) is 10.2. The maximum Gasteiger partial charge on any atom is 0.361 e. The molecule has 2 N–H and O–H groups in total. The average molecular weight is 424 g/mol. The number of hydrogen-bond acceptors (Lipinski definition) is 2. The summed E-state index contributed by atoms with van der Waals surface area (Å²) < 4.78 is 6.06. The molecule has 1 heterocycles. The number of rotatable bonds is 3. The van der Waals surface area contributed by atoms with Crippen molar-refractivity contribution in [1.82, 2.24) is 0 Å². The van der Waals surface area contributed by atoms with E-state index in [1.165, 1.54) is 16.7 Å². The summed E-state index contributed by atoms with van der Waals surface area (Å²) in [6.07, 6.45) is -0.281. The van der Waals surface area contributed by atoms with Gasteiger partial charge in [0.2, 0.25) is 0 Å². The summed E-state index contributed by atoms with van der Waals surface area (Å²) in [4.78, 5) is 0. The van der Waals surface area contributed by atoms with E-state index in [-0.39, 0.29) is 30.6 Å². The van der Waals surface area contributed by atoms with Crippen molar-refractivity contribution >= 4 is 21.9 Å². The van der Waals surface area contributed by atoms with Crippen LogP contribution in [0.4, 0.5) is 0 Å². The first-order valence-electron chi connectivity index (χ1n) is 7.55. The van der Waals surface area contributed by atoms with E-state index in [0.29, 0.717) is 6.42 Å². The lowest BCUT2D eigenvalue weighted by molar-refractivity contribution is -0.00000726. The van der Waals surface area contributed by atoms with Gasteiger partial charge in [0.05, 0.1) is 23.5 Å². The van der Waals surface area contributed by atoms with Gasteiger partial charge >= 0.3 is 11.2 Å². The molecule has 3 rings (SSSR count). The third kappa shape index (κ3) is 3.49. The molecular formula is C19H21IO3. The molecule has 2 aromatic carbocycles. The standard InChI is InChI=1S/C19H21O3.HI/c1-11-6-12(2)19-13(3)16-9-14(8-15(21)10-20)4-5-17(16)22-18(19)7-11;/h4-7,9,15,20-21H,8,10H2,1-3H3;1H/q+1;/p-1. The third-order valence-electron chi connectivity index (χ3n) is 4.17. The van der Waals surface area contributed by atoms with E-state index < -0.39 is 6.10 Å². The van der Waals surface area contributed by atoms with Gasteiger partial charge in [-0.3, -0.25) is 0 Å². The number of hydrogen-bond donors (Lipinski definition) is 2. The summed E-state index contributed by atoms with van der Waals surface area (Å²) in [5, 5.41) is 20.8. The predicted octanol–water partition coefficient (Wildman–Crippen LogP) is 0.692. The fourth-order valence-corrected chi connectivity index (χ4v) is 3.17. The van der Waals surface area contributed by atoms with Gasteiger partial charge < -0.3 is 34.2 Å². The highest BCUT2D eigenvalue weighted by molar-refractivity contribution is 5.96. The SMILES string of the molecule is Cc1cc(C)c2c(C)c3cc(CC(O)CO)ccc3[o+]c2c1.[I-]. The first kappa shape index (κ1) is 18.1. The van der Waals surface area contributed by atoms with E-state index >= 15 is 0 Å². The van der Waals surface area contributed by atoms with Gasteiger partial charge in [0.15, 0.2) is 0 Å². The largest absolute Gasteiger partial charge is 1.00 e. The van der Waals surface area contributed by atoms with Crippen LogP contribution in [0.3, 0.4) is 0 Å². The topological polar surface area (TPSA) is 51.8 Å². The number of aliphatic hydroxyl groups excluding tert-OH is 2. The van der Waals surface area contributed by atoms with E-state index in [0.717, 1.165) is 27.5 Å². The van der Waals surface area contributed by atoms with Crippen LogP contribution in [0.2, 0.25) is 0 Å². The molecule has 0 radical (unpaired) electrons. The Morgan fingerprint density at radius 2 is 1.78 bits per heavy atom. The second kappa shape index (κ2) is 7.11. The van der Waals surface area contributed by atoms with Crippen LogP contribution in [0.1, 0.15) is 22.3 Å². The summed E-state index contributed by atoms with van der Waals surface area (Å²) in [5.41, 5.74) is 6.34. The van der Waals surface area contributed by atoms with E-state index in [1.807, 2.05) is 18.2 Å². The van der Waals surface area contributed by atoms with Crippen molar-refractivity contribution in [1.29, 1.82) is 0 Å². The van der Waals surface area contributed by atoms with Crippen molar-refractivity contribution in [3.05, 3.63) is 52.6 Å². The Bertz CT molecular complexity index is 858. The number of halogens is 1. The zero-order valence-corrected chi connectivity index (χ0v) is 15.7. The molecule has 122 valence electrons. The second-order valence-corrected chi connectivity index (χ2v) is 6.05. The maximum atomic E-state index is 9.63. The minimum atomic E-state index is -0.723. The Labute approximate surface area is 153 Å². The molecule has 1 atom stereocenters. The third-order valence-corrected chi connectivity index (χ3v) is 4.17. The molecule has 0 fully saturated rings. The number of aliphatic hydroxyl groups is 2. The van der Waals surface area contributed by atoms with Crippen molar-refractivity contribution in [2.24, 2.45) is 0 Å². The minimum Gasteiger partial charge on any atom is -1.00 e. The predicted molar refractivity (Wildman–Crippen MR) is 89.1 cm³/mol. The van der Waals surface area contributed by atoms with E-state index in [2.05, 4.69) is 32.9 Å². The molecule has 0 aliphatic rings. The number of fused-ring (bicyclic) bond motifs is 2. The summed E-state index contributed by atoms with van der Waals surface area (Å²) >= 11 is 0. The van der Waals surface area contributed by atoms with Gasteiger partial charge in [-0.15, -0.1) is 0 Å². The van der Waals surface area contributed by atoms with Crippen LogP contribution in [0.25, 0.3) is 21.9 Å². The second-order valence-electron chi connectivity index (χ2n) is 6.05. The van der Waals surface area contributed by atoms with Crippen molar-refractivity contribution in [2.75, 3.05) is 6.61 Å². The molecule has 0 amide bonds. The lowest BCUT2D eigenvalue weighted by Crippen LogP contribution is -3.00. The molecule has 0 aliphatic heterocycles. The molecule has 1 unspecified atom stereocenters. The Kier molecular flexibility index (Phi) is 5.60. The van der Waals surface area contributed by atoms with Crippen molar-refractivity contribution in [2.45, 2.75) is 33.3 Å². The van der Waals surface area contributed by atoms with Gasteiger partial charge in [0.1, 0.15) is 0 Å². The molecule has 0 saturated carbocycles. The van der Waals surface area contributed by atoms with Crippen molar-refractivity contribution < 1.29 is 38.6 Å². The summed E-state index contributed by atoms with van der Waals surface area (Å²) in [6.45, 7) is 6.05. The van der Waals surface area contributed by atoms with Crippen molar-refractivity contribution in [3.8, 4) is 0 Å². The molecule has 3 nitrogen and oxygen atoms in total.